The van der Waals surface area contributed by atoms with Crippen molar-refractivity contribution in [3.8, 4) is 0 Å². The zero-order valence-electron chi connectivity index (χ0n) is 13.6. The number of nitrogens with one attached hydrogen (secondary N) is 2. The number of likely N-dealkylation sites (N-methyl/N-ethyl adjacent to an activating group) is 1. The summed E-state index contributed by atoms with van der Waals surface area (Å²) in [6, 6.07) is 3.83. The van der Waals surface area contributed by atoms with Gasteiger partial charge in [-0.05, 0) is 39.1 Å². The van der Waals surface area contributed by atoms with Gasteiger partial charge in [0.25, 0.3) is 5.91 Å². The number of hydrogen-bond donors (Lipinski definition) is 2. The molecule has 0 aromatic carbocycles. The van der Waals surface area contributed by atoms with Crippen LogP contribution in [-0.2, 0) is 0 Å². The summed E-state index contributed by atoms with van der Waals surface area (Å²) in [5.41, 5.74) is 0.391. The fraction of sp³-hybridized carbons (Fsp3) is 0.688. The van der Waals surface area contributed by atoms with Crippen LogP contribution in [0.25, 0.3) is 0 Å². The Bertz CT molecular complexity index is 452. The molecule has 2 rings (SSSR count). The van der Waals surface area contributed by atoms with Crippen LogP contribution in [-0.4, -0.2) is 54.2 Å². The second kappa shape index (κ2) is 8.68. The lowest BCUT2D eigenvalue weighted by Crippen LogP contribution is -2.35. The van der Waals surface area contributed by atoms with Crippen molar-refractivity contribution in [2.45, 2.75) is 44.6 Å². The standard InChI is InChI=1S/C16H27N5O/c1-21(2)12-11-17-15-10-9-14(19-20-15)16(22)18-13-7-5-3-4-6-8-13/h9-10,13H,3-8,11-12H2,1-2H3,(H,17,20)(H,18,22). The van der Waals surface area contributed by atoms with Crippen molar-refractivity contribution in [3.63, 3.8) is 0 Å². The monoisotopic (exact) mass is 305 g/mol. The van der Waals surface area contributed by atoms with E-state index in [1.165, 1.54) is 25.7 Å². The van der Waals surface area contributed by atoms with Crippen molar-refractivity contribution in [1.29, 1.82) is 0 Å². The summed E-state index contributed by atoms with van der Waals surface area (Å²) in [6.45, 7) is 1.72. The minimum Gasteiger partial charge on any atom is -0.367 e. The molecule has 1 saturated carbocycles. The molecule has 1 aliphatic rings. The summed E-state index contributed by atoms with van der Waals surface area (Å²) in [7, 11) is 4.04. The van der Waals surface area contributed by atoms with Gasteiger partial charge >= 0.3 is 0 Å². The summed E-state index contributed by atoms with van der Waals surface area (Å²) < 4.78 is 0. The Morgan fingerprint density at radius 2 is 1.91 bits per heavy atom. The Labute approximate surface area is 132 Å². The first kappa shape index (κ1) is 16.7. The van der Waals surface area contributed by atoms with E-state index in [2.05, 4.69) is 25.7 Å². The molecule has 0 unspecified atom stereocenters. The predicted octanol–water partition coefficient (Wildman–Crippen LogP) is 1.90. The van der Waals surface area contributed by atoms with Crippen LogP contribution in [0.5, 0.6) is 0 Å². The number of carbonyl (C=O) groups excluding carboxylic acids is 1. The Kier molecular flexibility index (Phi) is 6.58. The summed E-state index contributed by atoms with van der Waals surface area (Å²) >= 11 is 0. The van der Waals surface area contributed by atoms with Crippen LogP contribution in [0.1, 0.15) is 49.0 Å². The smallest absolute Gasteiger partial charge is 0.272 e. The molecule has 0 spiro atoms. The van der Waals surface area contributed by atoms with Crippen LogP contribution in [0, 0.1) is 0 Å². The van der Waals surface area contributed by atoms with E-state index in [4.69, 9.17) is 0 Å². The average molecular weight is 305 g/mol. The summed E-state index contributed by atoms with van der Waals surface area (Å²) in [4.78, 5) is 14.3. The van der Waals surface area contributed by atoms with Gasteiger partial charge in [-0.3, -0.25) is 4.79 Å². The number of carbonyl (C=O) groups is 1. The van der Waals surface area contributed by atoms with Gasteiger partial charge in [-0.2, -0.15) is 0 Å². The number of aromatic nitrogens is 2. The van der Waals surface area contributed by atoms with Crippen LogP contribution < -0.4 is 10.6 Å². The number of hydrogen-bond acceptors (Lipinski definition) is 5. The van der Waals surface area contributed by atoms with Crippen molar-refractivity contribution in [2.75, 3.05) is 32.5 Å². The fourth-order valence-electron chi connectivity index (χ4n) is 2.64. The summed E-state index contributed by atoms with van der Waals surface area (Å²) in [5, 5.41) is 14.4. The molecule has 6 nitrogen and oxygen atoms in total. The summed E-state index contributed by atoms with van der Waals surface area (Å²) in [6.07, 6.45) is 7.10. The van der Waals surface area contributed by atoms with Crippen molar-refractivity contribution >= 4 is 11.7 Å². The van der Waals surface area contributed by atoms with Crippen LogP contribution in [0.3, 0.4) is 0 Å². The molecule has 1 heterocycles. The zero-order chi connectivity index (χ0) is 15.8. The first-order valence-corrected chi connectivity index (χ1v) is 8.18. The average Bonchev–Trinajstić information content (AvgIpc) is 2.76. The van der Waals surface area contributed by atoms with Crippen molar-refractivity contribution in [2.24, 2.45) is 0 Å². The van der Waals surface area contributed by atoms with Gasteiger partial charge in [0, 0.05) is 19.1 Å². The van der Waals surface area contributed by atoms with E-state index in [1.807, 2.05) is 20.2 Å². The molecular weight excluding hydrogens is 278 g/mol. The van der Waals surface area contributed by atoms with Crippen molar-refractivity contribution in [1.82, 2.24) is 20.4 Å². The second-order valence-corrected chi connectivity index (χ2v) is 6.20. The molecule has 0 bridgehead atoms. The molecule has 1 aliphatic carbocycles. The maximum absolute atomic E-state index is 12.2. The molecule has 2 N–H and O–H groups in total. The predicted molar refractivity (Wildman–Crippen MR) is 88.0 cm³/mol. The topological polar surface area (TPSA) is 70.2 Å². The molecule has 122 valence electrons. The van der Waals surface area contributed by atoms with Crippen LogP contribution in [0.15, 0.2) is 12.1 Å². The zero-order valence-corrected chi connectivity index (χ0v) is 13.6. The lowest BCUT2D eigenvalue weighted by Gasteiger charge is -2.15. The molecule has 0 saturated heterocycles. The highest BCUT2D eigenvalue weighted by Gasteiger charge is 2.16. The molecule has 1 aromatic heterocycles. The largest absolute Gasteiger partial charge is 0.367 e. The fourth-order valence-corrected chi connectivity index (χ4v) is 2.64. The minimum absolute atomic E-state index is 0.112. The van der Waals surface area contributed by atoms with Gasteiger partial charge in [-0.15, -0.1) is 10.2 Å². The molecule has 0 atom stereocenters. The second-order valence-electron chi connectivity index (χ2n) is 6.20. The van der Waals surface area contributed by atoms with Gasteiger partial charge in [0.1, 0.15) is 5.82 Å². The molecule has 0 aliphatic heterocycles. The molecule has 22 heavy (non-hydrogen) atoms. The number of anilines is 1. The Hall–Kier alpha value is -1.69. The first-order chi connectivity index (χ1) is 10.6. The molecule has 1 fully saturated rings. The Balaban J connectivity index is 1.82. The number of nitrogens with zero attached hydrogens (tertiary/aromatic N) is 3. The van der Waals surface area contributed by atoms with E-state index in [0.717, 1.165) is 25.9 Å². The van der Waals surface area contributed by atoms with E-state index in [9.17, 15) is 4.79 Å². The molecule has 1 aromatic rings. The summed E-state index contributed by atoms with van der Waals surface area (Å²) in [5.74, 6) is 0.590. The van der Waals surface area contributed by atoms with Gasteiger partial charge < -0.3 is 15.5 Å². The lowest BCUT2D eigenvalue weighted by atomic mass is 10.1. The van der Waals surface area contributed by atoms with E-state index >= 15 is 0 Å². The van der Waals surface area contributed by atoms with Crippen LogP contribution >= 0.6 is 0 Å². The first-order valence-electron chi connectivity index (χ1n) is 8.18. The van der Waals surface area contributed by atoms with Crippen molar-refractivity contribution in [3.05, 3.63) is 17.8 Å². The van der Waals surface area contributed by atoms with Gasteiger partial charge in [0.2, 0.25) is 0 Å². The third-order valence-corrected chi connectivity index (χ3v) is 3.95. The molecular formula is C16H27N5O. The lowest BCUT2D eigenvalue weighted by molar-refractivity contribution is 0.0927. The Morgan fingerprint density at radius 3 is 2.50 bits per heavy atom. The van der Waals surface area contributed by atoms with E-state index in [1.54, 1.807) is 6.07 Å². The van der Waals surface area contributed by atoms with E-state index < -0.39 is 0 Å². The van der Waals surface area contributed by atoms with E-state index in [-0.39, 0.29) is 11.9 Å². The third kappa shape index (κ3) is 5.60. The highest BCUT2D eigenvalue weighted by atomic mass is 16.2. The minimum atomic E-state index is -0.112. The van der Waals surface area contributed by atoms with Gasteiger partial charge in [-0.25, -0.2) is 0 Å². The van der Waals surface area contributed by atoms with E-state index in [0.29, 0.717) is 11.5 Å². The highest BCUT2D eigenvalue weighted by molar-refractivity contribution is 5.92. The molecule has 6 heteroatoms. The van der Waals surface area contributed by atoms with Gasteiger partial charge in [0.05, 0.1) is 0 Å². The highest BCUT2D eigenvalue weighted by Crippen LogP contribution is 2.17. The third-order valence-electron chi connectivity index (χ3n) is 3.95. The van der Waals surface area contributed by atoms with Gasteiger partial charge in [0.15, 0.2) is 5.69 Å². The molecule has 1 amide bonds. The normalized spacial score (nSPS) is 16.3. The van der Waals surface area contributed by atoms with Crippen molar-refractivity contribution < 1.29 is 4.79 Å². The quantitative estimate of drug-likeness (QED) is 0.786. The molecule has 0 radical (unpaired) electrons. The maximum atomic E-state index is 12.2. The SMILES string of the molecule is CN(C)CCNc1ccc(C(=O)NC2CCCCCC2)nn1. The number of rotatable bonds is 6. The van der Waals surface area contributed by atoms with Crippen LogP contribution in [0.2, 0.25) is 0 Å². The number of amides is 1. The van der Waals surface area contributed by atoms with Gasteiger partial charge in [-0.1, -0.05) is 25.7 Å². The maximum Gasteiger partial charge on any atom is 0.272 e. The Morgan fingerprint density at radius 1 is 1.18 bits per heavy atom. The van der Waals surface area contributed by atoms with Crippen LogP contribution in [0.4, 0.5) is 5.82 Å².